The Balaban J connectivity index is 2.16. The molecule has 1 heterocycles. The molecule has 94 valence electrons. The summed E-state index contributed by atoms with van der Waals surface area (Å²) in [6.07, 6.45) is 1.48. The molecule has 2 rings (SSSR count). The summed E-state index contributed by atoms with van der Waals surface area (Å²) in [6.45, 7) is 0.570. The van der Waals surface area contributed by atoms with Crippen LogP contribution in [0.4, 0.5) is 10.2 Å². The van der Waals surface area contributed by atoms with Gasteiger partial charge in [-0.2, -0.15) is 0 Å². The fraction of sp³-hybridized carbons (Fsp3) is 0.231. The lowest BCUT2D eigenvalue weighted by Crippen LogP contribution is -2.23. The number of aryl methyl sites for hydroxylation is 1. The largest absolute Gasteiger partial charge is 0.355 e. The molecule has 0 N–H and O–H groups in total. The summed E-state index contributed by atoms with van der Waals surface area (Å²) >= 11 is 0. The van der Waals surface area contributed by atoms with E-state index >= 15 is 0 Å². The lowest BCUT2D eigenvalue weighted by molar-refractivity contribution is 0.627. The minimum absolute atomic E-state index is 0.106. The van der Waals surface area contributed by atoms with Crippen LogP contribution in [0.1, 0.15) is 5.56 Å². The standard InChI is InChI=1S/C13H14FN3O/c1-16(8-10-3-5-11(14)6-4-10)12-7-13(18)17(2)9-15-12/h3-7,9H,8H2,1-2H3. The first-order chi connectivity index (χ1) is 8.56. The van der Waals surface area contributed by atoms with E-state index in [2.05, 4.69) is 4.98 Å². The first-order valence-electron chi connectivity index (χ1n) is 5.54. The van der Waals surface area contributed by atoms with Crippen LogP contribution in [-0.2, 0) is 13.6 Å². The normalized spacial score (nSPS) is 10.4. The lowest BCUT2D eigenvalue weighted by atomic mass is 10.2. The second-order valence-corrected chi connectivity index (χ2v) is 4.18. The zero-order valence-corrected chi connectivity index (χ0v) is 10.3. The Kier molecular flexibility index (Phi) is 3.41. The maximum absolute atomic E-state index is 12.8. The molecule has 0 saturated heterocycles. The molecule has 0 aliphatic heterocycles. The molecule has 0 bridgehead atoms. The second kappa shape index (κ2) is 5.00. The Hall–Kier alpha value is -2.17. The Bertz CT molecular complexity index is 592. The molecule has 0 radical (unpaired) electrons. The number of aromatic nitrogens is 2. The van der Waals surface area contributed by atoms with Crippen LogP contribution >= 0.6 is 0 Å². The van der Waals surface area contributed by atoms with Crippen LogP contribution in [0.25, 0.3) is 0 Å². The van der Waals surface area contributed by atoms with Crippen molar-refractivity contribution < 1.29 is 4.39 Å². The van der Waals surface area contributed by atoms with Gasteiger partial charge in [-0.1, -0.05) is 12.1 Å². The van der Waals surface area contributed by atoms with Gasteiger partial charge < -0.3 is 9.47 Å². The summed E-state index contributed by atoms with van der Waals surface area (Å²) in [6, 6.07) is 7.74. The van der Waals surface area contributed by atoms with Crippen molar-refractivity contribution in [3.05, 3.63) is 58.4 Å². The van der Waals surface area contributed by atoms with Crippen LogP contribution in [-0.4, -0.2) is 16.6 Å². The summed E-state index contributed by atoms with van der Waals surface area (Å²) in [4.78, 5) is 17.5. The molecule has 0 aliphatic rings. The van der Waals surface area contributed by atoms with Crippen LogP contribution in [0.15, 0.2) is 41.5 Å². The van der Waals surface area contributed by atoms with E-state index in [1.54, 1.807) is 19.2 Å². The van der Waals surface area contributed by atoms with Gasteiger partial charge in [-0.3, -0.25) is 4.79 Å². The fourth-order valence-corrected chi connectivity index (χ4v) is 1.61. The van der Waals surface area contributed by atoms with E-state index < -0.39 is 0 Å². The maximum atomic E-state index is 12.8. The third-order valence-corrected chi connectivity index (χ3v) is 2.69. The fourth-order valence-electron chi connectivity index (χ4n) is 1.61. The molecule has 1 aromatic heterocycles. The predicted molar refractivity (Wildman–Crippen MR) is 68.0 cm³/mol. The quantitative estimate of drug-likeness (QED) is 0.826. The average Bonchev–Trinajstić information content (AvgIpc) is 2.35. The molecular formula is C13H14FN3O. The highest BCUT2D eigenvalue weighted by atomic mass is 19.1. The van der Waals surface area contributed by atoms with E-state index in [9.17, 15) is 9.18 Å². The van der Waals surface area contributed by atoms with Crippen LogP contribution in [0.2, 0.25) is 0 Å². The van der Waals surface area contributed by atoms with Crippen molar-refractivity contribution in [3.8, 4) is 0 Å². The van der Waals surface area contributed by atoms with Gasteiger partial charge in [0.25, 0.3) is 5.56 Å². The molecule has 0 amide bonds. The number of rotatable bonds is 3. The Morgan fingerprint density at radius 3 is 2.61 bits per heavy atom. The molecular weight excluding hydrogens is 233 g/mol. The van der Waals surface area contributed by atoms with Crippen molar-refractivity contribution >= 4 is 5.82 Å². The summed E-state index contributed by atoms with van der Waals surface area (Å²) < 4.78 is 14.2. The van der Waals surface area contributed by atoms with Crippen LogP contribution in [0.3, 0.4) is 0 Å². The zero-order valence-electron chi connectivity index (χ0n) is 10.3. The van der Waals surface area contributed by atoms with E-state index in [0.717, 1.165) is 5.56 Å². The topological polar surface area (TPSA) is 38.1 Å². The van der Waals surface area contributed by atoms with E-state index in [0.29, 0.717) is 12.4 Å². The first-order valence-corrected chi connectivity index (χ1v) is 5.54. The Morgan fingerprint density at radius 2 is 2.00 bits per heavy atom. The molecule has 0 fully saturated rings. The van der Waals surface area contributed by atoms with E-state index in [1.165, 1.54) is 29.1 Å². The number of halogens is 1. The molecule has 0 aliphatic carbocycles. The SMILES string of the molecule is CN(Cc1ccc(F)cc1)c1cc(=O)n(C)cn1. The van der Waals surface area contributed by atoms with Crippen molar-refractivity contribution in [2.75, 3.05) is 11.9 Å². The van der Waals surface area contributed by atoms with Gasteiger partial charge in [-0.05, 0) is 17.7 Å². The molecule has 4 nitrogen and oxygen atoms in total. The van der Waals surface area contributed by atoms with Gasteiger partial charge in [0.05, 0.1) is 6.33 Å². The summed E-state index contributed by atoms with van der Waals surface area (Å²) in [5.41, 5.74) is 0.854. The number of nitrogens with zero attached hydrogens (tertiary/aromatic N) is 3. The summed E-state index contributed by atoms with van der Waals surface area (Å²) in [7, 11) is 3.49. The number of hydrogen-bond acceptors (Lipinski definition) is 3. The zero-order chi connectivity index (χ0) is 13.1. The van der Waals surface area contributed by atoms with Crippen molar-refractivity contribution in [3.63, 3.8) is 0 Å². The van der Waals surface area contributed by atoms with E-state index in [-0.39, 0.29) is 11.4 Å². The maximum Gasteiger partial charge on any atom is 0.255 e. The molecule has 0 unspecified atom stereocenters. The van der Waals surface area contributed by atoms with Gasteiger partial charge >= 0.3 is 0 Å². The van der Waals surface area contributed by atoms with Gasteiger partial charge in [0.15, 0.2) is 0 Å². The molecule has 0 spiro atoms. The highest BCUT2D eigenvalue weighted by Gasteiger charge is 2.05. The third-order valence-electron chi connectivity index (χ3n) is 2.69. The van der Waals surface area contributed by atoms with Crippen LogP contribution in [0.5, 0.6) is 0 Å². The molecule has 0 saturated carbocycles. The van der Waals surface area contributed by atoms with Crippen molar-refractivity contribution in [1.82, 2.24) is 9.55 Å². The third kappa shape index (κ3) is 2.74. The minimum atomic E-state index is -0.256. The van der Waals surface area contributed by atoms with Crippen molar-refractivity contribution in [2.45, 2.75) is 6.54 Å². The monoisotopic (exact) mass is 247 g/mol. The average molecular weight is 247 g/mol. The van der Waals surface area contributed by atoms with Gasteiger partial charge in [0.2, 0.25) is 0 Å². The van der Waals surface area contributed by atoms with Crippen LogP contribution < -0.4 is 10.5 Å². The molecule has 2 aromatic rings. The summed E-state index contributed by atoms with van der Waals surface area (Å²) in [5.74, 6) is 0.343. The predicted octanol–water partition coefficient (Wildman–Crippen LogP) is 1.56. The molecule has 1 aromatic carbocycles. The highest BCUT2D eigenvalue weighted by Crippen LogP contribution is 2.10. The number of benzene rings is 1. The van der Waals surface area contributed by atoms with E-state index in [1.807, 2.05) is 11.9 Å². The molecule has 5 heteroatoms. The Morgan fingerprint density at radius 1 is 1.33 bits per heavy atom. The van der Waals surface area contributed by atoms with Gasteiger partial charge in [0.1, 0.15) is 11.6 Å². The van der Waals surface area contributed by atoms with E-state index in [4.69, 9.17) is 0 Å². The molecule has 0 atom stereocenters. The van der Waals surface area contributed by atoms with Gasteiger partial charge in [0, 0.05) is 26.7 Å². The van der Waals surface area contributed by atoms with Crippen molar-refractivity contribution in [1.29, 1.82) is 0 Å². The highest BCUT2D eigenvalue weighted by molar-refractivity contribution is 5.36. The lowest BCUT2D eigenvalue weighted by Gasteiger charge is -2.18. The molecule has 18 heavy (non-hydrogen) atoms. The Labute approximate surface area is 104 Å². The van der Waals surface area contributed by atoms with Gasteiger partial charge in [-0.15, -0.1) is 0 Å². The van der Waals surface area contributed by atoms with Crippen LogP contribution in [0, 0.1) is 5.82 Å². The number of hydrogen-bond donors (Lipinski definition) is 0. The second-order valence-electron chi connectivity index (χ2n) is 4.18. The summed E-state index contributed by atoms with van der Waals surface area (Å²) in [5, 5.41) is 0. The minimum Gasteiger partial charge on any atom is -0.355 e. The first kappa shape index (κ1) is 12.3. The van der Waals surface area contributed by atoms with Crippen molar-refractivity contribution in [2.24, 2.45) is 7.05 Å². The van der Waals surface area contributed by atoms with Gasteiger partial charge in [-0.25, -0.2) is 9.37 Å². The smallest absolute Gasteiger partial charge is 0.255 e. The number of anilines is 1.